The molecule has 0 aromatic rings. The maximum Gasteiger partial charge on any atom is 0.350 e. The van der Waals surface area contributed by atoms with Crippen LogP contribution >= 0.6 is 27.7 Å². The zero-order chi connectivity index (χ0) is 10.8. The van der Waals surface area contributed by atoms with Crippen molar-refractivity contribution in [3.8, 4) is 0 Å². The molecule has 0 N–H and O–H groups in total. The third kappa shape index (κ3) is 2.59. The van der Waals surface area contributed by atoms with Crippen molar-refractivity contribution in [2.45, 2.75) is 11.8 Å². The molecule has 0 bridgehead atoms. The fourth-order valence-electron chi connectivity index (χ4n) is 1.20. The lowest BCUT2D eigenvalue weighted by molar-refractivity contribution is 0.214. The Labute approximate surface area is 94.4 Å². The second kappa shape index (κ2) is 5.09. The summed E-state index contributed by atoms with van der Waals surface area (Å²) in [5, 5.41) is 0.395. The minimum absolute atomic E-state index is 0.174. The molecule has 1 rings (SSSR count). The first-order valence-electron chi connectivity index (χ1n) is 3.92. The summed E-state index contributed by atoms with van der Waals surface area (Å²) in [7, 11) is -4.40. The molecule has 1 saturated heterocycles. The van der Waals surface area contributed by atoms with E-state index >= 15 is 0 Å². The van der Waals surface area contributed by atoms with Gasteiger partial charge in [0.15, 0.2) is 0 Å². The second-order valence-corrected chi connectivity index (χ2v) is 6.45. The molecule has 1 aliphatic heterocycles. The molecule has 1 fully saturated rings. The van der Waals surface area contributed by atoms with Gasteiger partial charge >= 0.3 is 5.76 Å². The first-order chi connectivity index (χ1) is 6.50. The molecule has 14 heavy (non-hydrogen) atoms. The Morgan fingerprint density at radius 2 is 2.21 bits per heavy atom. The van der Waals surface area contributed by atoms with E-state index in [1.165, 1.54) is 0 Å². The average Bonchev–Trinajstić information content (AvgIpc) is 2.17. The van der Waals surface area contributed by atoms with Crippen LogP contribution in [0.5, 0.6) is 0 Å². The number of rotatable bonds is 3. The van der Waals surface area contributed by atoms with E-state index in [2.05, 4.69) is 15.9 Å². The standard InChI is InChI=1S/C6H10BrF2NO2S2/c7-3-5-4-13-2-1-10(5)14(11,12)6(8)9/h5-6H,1-4H2. The van der Waals surface area contributed by atoms with E-state index in [1.54, 1.807) is 11.8 Å². The number of nitrogens with zero attached hydrogens (tertiary/aromatic N) is 1. The van der Waals surface area contributed by atoms with Crippen LogP contribution < -0.4 is 0 Å². The smallest absolute Gasteiger partial charge is 0.206 e. The molecule has 0 radical (unpaired) electrons. The summed E-state index contributed by atoms with van der Waals surface area (Å²) in [4.78, 5) is 0. The Balaban J connectivity index is 2.83. The summed E-state index contributed by atoms with van der Waals surface area (Å²) < 4.78 is 47.8. The molecule has 0 amide bonds. The van der Waals surface area contributed by atoms with E-state index in [0.717, 1.165) is 4.31 Å². The molecule has 0 aromatic carbocycles. The van der Waals surface area contributed by atoms with Crippen molar-refractivity contribution >= 4 is 37.7 Å². The summed E-state index contributed by atoms with van der Waals surface area (Å²) in [6, 6.07) is -0.354. The molecular formula is C6H10BrF2NO2S2. The Morgan fingerprint density at radius 3 is 2.71 bits per heavy atom. The fraction of sp³-hybridized carbons (Fsp3) is 1.00. The highest BCUT2D eigenvalue weighted by Crippen LogP contribution is 2.24. The van der Waals surface area contributed by atoms with Crippen molar-refractivity contribution in [1.82, 2.24) is 4.31 Å². The topological polar surface area (TPSA) is 37.4 Å². The van der Waals surface area contributed by atoms with E-state index in [0.29, 0.717) is 16.8 Å². The highest BCUT2D eigenvalue weighted by molar-refractivity contribution is 9.09. The molecule has 1 heterocycles. The maximum absolute atomic E-state index is 12.3. The Hall–Kier alpha value is 0.600. The van der Waals surface area contributed by atoms with Gasteiger partial charge < -0.3 is 0 Å². The highest BCUT2D eigenvalue weighted by atomic mass is 79.9. The van der Waals surface area contributed by atoms with Crippen LogP contribution in [0.2, 0.25) is 0 Å². The van der Waals surface area contributed by atoms with Crippen molar-refractivity contribution in [3.05, 3.63) is 0 Å². The maximum atomic E-state index is 12.3. The molecule has 8 heteroatoms. The Bertz CT molecular complexity index is 286. The van der Waals surface area contributed by atoms with Gasteiger partial charge in [0, 0.05) is 29.4 Å². The first-order valence-corrected chi connectivity index (χ1v) is 7.70. The number of sulfonamides is 1. The summed E-state index contributed by atoms with van der Waals surface area (Å²) >= 11 is 4.71. The zero-order valence-corrected chi connectivity index (χ0v) is 10.4. The van der Waals surface area contributed by atoms with Gasteiger partial charge in [-0.15, -0.1) is 0 Å². The summed E-state index contributed by atoms with van der Waals surface area (Å²) in [5.41, 5.74) is 0. The molecule has 1 unspecified atom stereocenters. The predicted octanol–water partition coefficient (Wildman–Crippen LogP) is 1.35. The monoisotopic (exact) mass is 309 g/mol. The van der Waals surface area contributed by atoms with Gasteiger partial charge in [-0.2, -0.15) is 24.8 Å². The van der Waals surface area contributed by atoms with Crippen LogP contribution in [-0.4, -0.2) is 47.9 Å². The van der Waals surface area contributed by atoms with Gasteiger partial charge in [-0.25, -0.2) is 8.42 Å². The van der Waals surface area contributed by atoms with Crippen LogP contribution in [0.1, 0.15) is 0 Å². The lowest BCUT2D eigenvalue weighted by atomic mass is 10.4. The molecule has 0 aliphatic carbocycles. The number of thioether (sulfide) groups is 1. The number of alkyl halides is 3. The molecule has 3 nitrogen and oxygen atoms in total. The number of hydrogen-bond acceptors (Lipinski definition) is 3. The van der Waals surface area contributed by atoms with E-state index < -0.39 is 15.8 Å². The average molecular weight is 310 g/mol. The van der Waals surface area contributed by atoms with Gasteiger partial charge in [0.25, 0.3) is 10.0 Å². The minimum Gasteiger partial charge on any atom is -0.206 e. The molecule has 0 saturated carbocycles. The molecule has 84 valence electrons. The Kier molecular flexibility index (Phi) is 4.60. The van der Waals surface area contributed by atoms with Crippen LogP contribution in [0.15, 0.2) is 0 Å². The summed E-state index contributed by atoms with van der Waals surface area (Å²) in [6.45, 7) is 0.174. The van der Waals surface area contributed by atoms with E-state index in [9.17, 15) is 17.2 Å². The SMILES string of the molecule is O=S(=O)(C(F)F)N1CCSCC1CBr. The van der Waals surface area contributed by atoms with Crippen molar-refractivity contribution < 1.29 is 17.2 Å². The van der Waals surface area contributed by atoms with Gasteiger partial charge in [-0.05, 0) is 0 Å². The van der Waals surface area contributed by atoms with E-state index in [1.807, 2.05) is 0 Å². The minimum atomic E-state index is -4.40. The largest absolute Gasteiger partial charge is 0.350 e. The lowest BCUT2D eigenvalue weighted by Crippen LogP contribution is -2.48. The van der Waals surface area contributed by atoms with Crippen LogP contribution in [0.25, 0.3) is 0 Å². The third-order valence-corrected chi connectivity index (χ3v) is 5.33. The lowest BCUT2D eigenvalue weighted by Gasteiger charge is -2.32. The fourth-order valence-corrected chi connectivity index (χ4v) is 4.66. The summed E-state index contributed by atoms with van der Waals surface area (Å²) in [5.74, 6) is -2.17. The van der Waals surface area contributed by atoms with Gasteiger partial charge in [-0.1, -0.05) is 15.9 Å². The van der Waals surface area contributed by atoms with Gasteiger partial charge in [-0.3, -0.25) is 0 Å². The normalized spacial score (nSPS) is 25.6. The second-order valence-electron chi connectivity index (χ2n) is 2.80. The van der Waals surface area contributed by atoms with Crippen molar-refractivity contribution in [2.24, 2.45) is 0 Å². The van der Waals surface area contributed by atoms with Crippen LogP contribution in [0.4, 0.5) is 8.78 Å². The van der Waals surface area contributed by atoms with E-state index in [4.69, 9.17) is 0 Å². The predicted molar refractivity (Wildman–Crippen MR) is 56.5 cm³/mol. The zero-order valence-electron chi connectivity index (χ0n) is 7.20. The number of hydrogen-bond donors (Lipinski definition) is 0. The van der Waals surface area contributed by atoms with Crippen molar-refractivity contribution in [3.63, 3.8) is 0 Å². The van der Waals surface area contributed by atoms with Gasteiger partial charge in [0.05, 0.1) is 0 Å². The highest BCUT2D eigenvalue weighted by Gasteiger charge is 2.37. The number of halogens is 3. The third-order valence-electron chi connectivity index (χ3n) is 1.90. The van der Waals surface area contributed by atoms with Crippen LogP contribution in [-0.2, 0) is 10.0 Å². The van der Waals surface area contributed by atoms with E-state index in [-0.39, 0.29) is 12.6 Å². The van der Waals surface area contributed by atoms with Gasteiger partial charge in [0.2, 0.25) is 0 Å². The molecule has 1 atom stereocenters. The first kappa shape index (κ1) is 12.7. The van der Waals surface area contributed by atoms with Crippen molar-refractivity contribution in [2.75, 3.05) is 23.4 Å². The van der Waals surface area contributed by atoms with Crippen LogP contribution in [0.3, 0.4) is 0 Å². The molecular weight excluding hydrogens is 300 g/mol. The molecule has 0 aromatic heterocycles. The quantitative estimate of drug-likeness (QED) is 0.739. The van der Waals surface area contributed by atoms with Crippen molar-refractivity contribution in [1.29, 1.82) is 0 Å². The van der Waals surface area contributed by atoms with Gasteiger partial charge in [0.1, 0.15) is 0 Å². The summed E-state index contributed by atoms with van der Waals surface area (Å²) in [6.07, 6.45) is 0. The van der Waals surface area contributed by atoms with Crippen LogP contribution in [0, 0.1) is 0 Å². The molecule has 1 aliphatic rings. The molecule has 0 spiro atoms. The Morgan fingerprint density at radius 1 is 1.57 bits per heavy atom.